The fourth-order valence-corrected chi connectivity index (χ4v) is 4.77. The van der Waals surface area contributed by atoms with Gasteiger partial charge in [-0.1, -0.05) is 31.5 Å². The number of hydrogen-bond acceptors (Lipinski definition) is 4. The van der Waals surface area contributed by atoms with Crippen LogP contribution >= 0.6 is 11.3 Å². The van der Waals surface area contributed by atoms with Crippen LogP contribution in [0.15, 0.2) is 41.8 Å². The molecule has 0 spiro atoms. The first-order chi connectivity index (χ1) is 15.0. The molecule has 2 heterocycles. The second kappa shape index (κ2) is 11.4. The smallest absolute Gasteiger partial charge is 0.234 e. The summed E-state index contributed by atoms with van der Waals surface area (Å²) in [7, 11) is 0. The third-order valence-electron chi connectivity index (χ3n) is 5.89. The molecule has 1 aromatic heterocycles. The number of hydrogen-bond donors (Lipinski definition) is 2. The van der Waals surface area contributed by atoms with Crippen molar-refractivity contribution in [2.75, 3.05) is 19.6 Å². The molecule has 168 valence electrons. The Labute approximate surface area is 188 Å². The summed E-state index contributed by atoms with van der Waals surface area (Å²) in [5, 5.41) is 8.10. The van der Waals surface area contributed by atoms with Crippen molar-refractivity contribution in [3.63, 3.8) is 0 Å². The zero-order valence-electron chi connectivity index (χ0n) is 18.3. The highest BCUT2D eigenvalue weighted by Crippen LogP contribution is 2.27. The zero-order chi connectivity index (χ0) is 22.2. The Morgan fingerprint density at radius 2 is 2.00 bits per heavy atom. The van der Waals surface area contributed by atoms with Gasteiger partial charge in [-0.2, -0.15) is 0 Å². The molecule has 0 radical (unpaired) electrons. The quantitative estimate of drug-likeness (QED) is 0.571. The molecule has 2 N–H and O–H groups in total. The van der Waals surface area contributed by atoms with Crippen LogP contribution in [0.5, 0.6) is 0 Å². The van der Waals surface area contributed by atoms with E-state index in [2.05, 4.69) is 29.4 Å². The predicted molar refractivity (Wildman–Crippen MR) is 122 cm³/mol. The number of rotatable bonds is 9. The number of carbonyl (C=O) groups is 2. The van der Waals surface area contributed by atoms with Crippen molar-refractivity contribution in [1.82, 2.24) is 15.5 Å². The number of unbranched alkanes of at least 4 members (excludes halogenated alkanes) is 1. The molecule has 1 saturated heterocycles. The van der Waals surface area contributed by atoms with Crippen LogP contribution in [-0.4, -0.2) is 42.4 Å². The van der Waals surface area contributed by atoms with Gasteiger partial charge in [-0.25, -0.2) is 4.39 Å². The average molecular weight is 446 g/mol. The summed E-state index contributed by atoms with van der Waals surface area (Å²) in [6.45, 7) is 5.75. The van der Waals surface area contributed by atoms with Crippen LogP contribution in [0.2, 0.25) is 0 Å². The van der Waals surface area contributed by atoms with Gasteiger partial charge in [0.2, 0.25) is 11.8 Å². The lowest BCUT2D eigenvalue weighted by molar-refractivity contribution is -0.130. The van der Waals surface area contributed by atoms with Crippen molar-refractivity contribution >= 4 is 23.2 Å². The van der Waals surface area contributed by atoms with Crippen molar-refractivity contribution < 1.29 is 14.0 Å². The summed E-state index contributed by atoms with van der Waals surface area (Å²) in [5.74, 6) is -0.383. The van der Waals surface area contributed by atoms with Crippen LogP contribution in [0, 0.1) is 11.7 Å². The van der Waals surface area contributed by atoms with Crippen LogP contribution < -0.4 is 10.6 Å². The van der Waals surface area contributed by atoms with Gasteiger partial charge in [-0.3, -0.25) is 14.5 Å². The second-order valence-electron chi connectivity index (χ2n) is 8.26. The first-order valence-electron chi connectivity index (χ1n) is 11.1. The lowest BCUT2D eigenvalue weighted by atomic mass is 9.92. The van der Waals surface area contributed by atoms with E-state index in [-0.39, 0.29) is 42.2 Å². The lowest BCUT2D eigenvalue weighted by Gasteiger charge is -2.37. The molecule has 7 heteroatoms. The topological polar surface area (TPSA) is 61.4 Å². The number of halogens is 1. The maximum absolute atomic E-state index is 13.4. The predicted octanol–water partition coefficient (Wildman–Crippen LogP) is 4.11. The van der Waals surface area contributed by atoms with E-state index in [1.165, 1.54) is 12.1 Å². The number of nitrogens with one attached hydrogen (secondary N) is 2. The standard InChI is InChI=1S/C24H32FN3O2S/c1-3-4-13-26-24(30)19-8-7-17(2)28(15-19)16-22(29)27-23(21-6-5-14-31-21)18-9-11-20(25)12-10-18/h5-6,9-12,14,17,19,23H,3-4,7-8,13,15-16H2,1-2H3,(H,26,30)(H,27,29). The SMILES string of the molecule is CCCCNC(=O)C1CCC(C)N(CC(=O)NC(c2ccc(F)cc2)c2cccs2)C1. The second-order valence-corrected chi connectivity index (χ2v) is 9.24. The highest BCUT2D eigenvalue weighted by molar-refractivity contribution is 7.10. The van der Waals surface area contributed by atoms with Crippen molar-refractivity contribution in [2.24, 2.45) is 5.92 Å². The molecule has 1 fully saturated rings. The van der Waals surface area contributed by atoms with Crippen LogP contribution in [0.4, 0.5) is 4.39 Å². The molecule has 0 bridgehead atoms. The maximum atomic E-state index is 13.4. The van der Waals surface area contributed by atoms with E-state index < -0.39 is 0 Å². The molecule has 3 unspecified atom stereocenters. The summed E-state index contributed by atoms with van der Waals surface area (Å²) in [6.07, 6.45) is 3.78. The Morgan fingerprint density at radius 3 is 2.68 bits per heavy atom. The molecular weight excluding hydrogens is 413 g/mol. The first-order valence-corrected chi connectivity index (χ1v) is 12.0. The number of amides is 2. The Morgan fingerprint density at radius 1 is 1.23 bits per heavy atom. The minimum atomic E-state index is -0.318. The van der Waals surface area contributed by atoms with E-state index in [9.17, 15) is 14.0 Å². The van der Waals surface area contributed by atoms with Gasteiger partial charge in [0.25, 0.3) is 0 Å². The van der Waals surface area contributed by atoms with Crippen LogP contribution in [0.3, 0.4) is 0 Å². The monoisotopic (exact) mass is 445 g/mol. The molecule has 1 aliphatic rings. The van der Waals surface area contributed by atoms with Gasteiger partial charge in [-0.15, -0.1) is 11.3 Å². The van der Waals surface area contributed by atoms with Gasteiger partial charge in [0.1, 0.15) is 5.82 Å². The van der Waals surface area contributed by atoms with E-state index in [4.69, 9.17) is 0 Å². The van der Waals surface area contributed by atoms with Crippen LogP contribution in [-0.2, 0) is 9.59 Å². The summed E-state index contributed by atoms with van der Waals surface area (Å²) in [4.78, 5) is 28.6. The third-order valence-corrected chi connectivity index (χ3v) is 6.83. The Bertz CT molecular complexity index is 841. The largest absolute Gasteiger partial charge is 0.356 e. The normalized spacial score (nSPS) is 20.2. The molecule has 2 amide bonds. The van der Waals surface area contributed by atoms with Gasteiger partial charge >= 0.3 is 0 Å². The van der Waals surface area contributed by atoms with E-state index >= 15 is 0 Å². The van der Waals surface area contributed by atoms with E-state index in [1.54, 1.807) is 23.5 Å². The number of benzene rings is 1. The summed E-state index contributed by atoms with van der Waals surface area (Å²) < 4.78 is 13.4. The van der Waals surface area contributed by atoms with E-state index in [0.717, 1.165) is 36.1 Å². The average Bonchev–Trinajstić information content (AvgIpc) is 3.29. The van der Waals surface area contributed by atoms with Crippen molar-refractivity contribution in [2.45, 2.75) is 51.6 Å². The molecular formula is C24H32FN3O2S. The van der Waals surface area contributed by atoms with Crippen molar-refractivity contribution in [3.05, 3.63) is 58.0 Å². The molecule has 0 aliphatic carbocycles. The van der Waals surface area contributed by atoms with Crippen molar-refractivity contribution in [3.8, 4) is 0 Å². The number of thiophene rings is 1. The highest BCUT2D eigenvalue weighted by Gasteiger charge is 2.31. The molecule has 31 heavy (non-hydrogen) atoms. The summed E-state index contributed by atoms with van der Waals surface area (Å²) in [6, 6.07) is 10.1. The van der Waals surface area contributed by atoms with Gasteiger partial charge in [-0.05, 0) is 55.3 Å². The Kier molecular flexibility index (Phi) is 8.60. The minimum Gasteiger partial charge on any atom is -0.356 e. The van der Waals surface area contributed by atoms with Gasteiger partial charge in [0.15, 0.2) is 0 Å². The Hall–Kier alpha value is -2.25. The fraction of sp³-hybridized carbons (Fsp3) is 0.500. The summed E-state index contributed by atoms with van der Waals surface area (Å²) in [5.41, 5.74) is 0.845. The van der Waals surface area contributed by atoms with Gasteiger partial charge in [0, 0.05) is 24.0 Å². The minimum absolute atomic E-state index is 0.0777. The first kappa shape index (κ1) is 23.4. The van der Waals surface area contributed by atoms with Crippen LogP contribution in [0.1, 0.15) is 56.0 Å². The lowest BCUT2D eigenvalue weighted by Crippen LogP contribution is -2.50. The fourth-order valence-electron chi connectivity index (χ4n) is 3.97. The van der Waals surface area contributed by atoms with E-state index in [0.29, 0.717) is 13.1 Å². The van der Waals surface area contributed by atoms with Crippen molar-refractivity contribution in [1.29, 1.82) is 0 Å². The van der Waals surface area contributed by atoms with E-state index in [1.807, 2.05) is 17.5 Å². The zero-order valence-corrected chi connectivity index (χ0v) is 19.1. The molecule has 1 aromatic carbocycles. The number of piperidine rings is 1. The molecule has 5 nitrogen and oxygen atoms in total. The molecule has 1 aliphatic heterocycles. The Balaban J connectivity index is 1.63. The molecule has 3 rings (SSSR count). The molecule has 3 atom stereocenters. The van der Waals surface area contributed by atoms with Gasteiger partial charge in [0.05, 0.1) is 18.5 Å². The van der Waals surface area contributed by atoms with Gasteiger partial charge < -0.3 is 10.6 Å². The number of likely N-dealkylation sites (tertiary alicyclic amines) is 1. The number of nitrogens with zero attached hydrogens (tertiary/aromatic N) is 1. The van der Waals surface area contributed by atoms with Crippen LogP contribution in [0.25, 0.3) is 0 Å². The molecule has 0 saturated carbocycles. The summed E-state index contributed by atoms with van der Waals surface area (Å²) >= 11 is 1.56. The highest BCUT2D eigenvalue weighted by atomic mass is 32.1. The molecule has 2 aromatic rings. The maximum Gasteiger partial charge on any atom is 0.234 e. The third kappa shape index (κ3) is 6.61. The number of carbonyl (C=O) groups excluding carboxylic acids is 2.